The van der Waals surface area contributed by atoms with Gasteiger partial charge in [-0.15, -0.1) is 0 Å². The van der Waals surface area contributed by atoms with Crippen LogP contribution in [-0.4, -0.2) is 42.9 Å². The normalized spacial score (nSPS) is 13.5. The highest BCUT2D eigenvalue weighted by Crippen LogP contribution is 2.32. The molecule has 1 aromatic heterocycles. The SMILES string of the molecule is O=C(Nc1ccc(N2CCN(C(=O)c3ccccc3)CC2)c(Cl)c1)c1ccc(-c2ccc(Cl)c(Cl)c2)o1. The molecule has 0 radical (unpaired) electrons. The van der Waals surface area contributed by atoms with Crippen molar-refractivity contribution in [1.82, 2.24) is 4.90 Å². The zero-order valence-electron chi connectivity index (χ0n) is 19.6. The average Bonchev–Trinajstić information content (AvgIpc) is 3.41. The van der Waals surface area contributed by atoms with Crippen molar-refractivity contribution in [2.24, 2.45) is 0 Å². The van der Waals surface area contributed by atoms with Crippen molar-refractivity contribution in [2.45, 2.75) is 0 Å². The first-order chi connectivity index (χ1) is 17.9. The number of anilines is 2. The Morgan fingerprint density at radius 3 is 2.22 bits per heavy atom. The molecule has 1 fully saturated rings. The van der Waals surface area contributed by atoms with Crippen LogP contribution >= 0.6 is 34.8 Å². The molecule has 188 valence electrons. The van der Waals surface area contributed by atoms with Gasteiger partial charge in [0.05, 0.1) is 20.8 Å². The molecule has 1 aliphatic rings. The summed E-state index contributed by atoms with van der Waals surface area (Å²) in [5, 5.41) is 4.18. The number of rotatable bonds is 5. The van der Waals surface area contributed by atoms with E-state index in [1.165, 1.54) is 0 Å². The second kappa shape index (κ2) is 10.9. The number of carbonyl (C=O) groups is 2. The number of nitrogens with one attached hydrogen (secondary N) is 1. The van der Waals surface area contributed by atoms with Gasteiger partial charge in [0, 0.05) is 43.0 Å². The van der Waals surface area contributed by atoms with E-state index < -0.39 is 5.91 Å². The van der Waals surface area contributed by atoms with Gasteiger partial charge in [-0.3, -0.25) is 9.59 Å². The molecule has 0 aliphatic carbocycles. The number of halogens is 3. The van der Waals surface area contributed by atoms with Gasteiger partial charge >= 0.3 is 0 Å². The molecule has 1 aliphatic heterocycles. The Labute approximate surface area is 229 Å². The van der Waals surface area contributed by atoms with Crippen LogP contribution in [0.2, 0.25) is 15.1 Å². The monoisotopic (exact) mass is 553 g/mol. The summed E-state index contributed by atoms with van der Waals surface area (Å²) in [6.45, 7) is 2.52. The molecule has 9 heteroatoms. The van der Waals surface area contributed by atoms with Crippen LogP contribution in [0.5, 0.6) is 0 Å². The predicted octanol–water partition coefficient (Wildman–Crippen LogP) is 7.12. The highest BCUT2D eigenvalue weighted by atomic mass is 35.5. The molecule has 1 saturated heterocycles. The standard InChI is InChI=1S/C28H22Cl3N3O3/c29-21-8-6-19(16-22(21)30)25-10-11-26(37-25)27(35)32-20-7-9-24(23(31)17-20)33-12-14-34(15-13-33)28(36)18-4-2-1-3-5-18/h1-11,16-17H,12-15H2,(H,32,35). The first-order valence-electron chi connectivity index (χ1n) is 11.6. The van der Waals surface area contributed by atoms with E-state index >= 15 is 0 Å². The Morgan fingerprint density at radius 1 is 0.757 bits per heavy atom. The van der Waals surface area contributed by atoms with Crippen LogP contribution in [0.4, 0.5) is 11.4 Å². The quantitative estimate of drug-likeness (QED) is 0.285. The summed E-state index contributed by atoms with van der Waals surface area (Å²) >= 11 is 18.6. The maximum Gasteiger partial charge on any atom is 0.291 e. The van der Waals surface area contributed by atoms with E-state index in [-0.39, 0.29) is 11.7 Å². The molecule has 37 heavy (non-hydrogen) atoms. The van der Waals surface area contributed by atoms with Gasteiger partial charge in [0.1, 0.15) is 5.76 Å². The second-order valence-electron chi connectivity index (χ2n) is 8.56. The van der Waals surface area contributed by atoms with Gasteiger partial charge in [-0.05, 0) is 60.7 Å². The number of hydrogen-bond acceptors (Lipinski definition) is 4. The van der Waals surface area contributed by atoms with Crippen molar-refractivity contribution in [3.8, 4) is 11.3 Å². The maximum absolute atomic E-state index is 12.8. The molecule has 0 spiro atoms. The lowest BCUT2D eigenvalue weighted by Gasteiger charge is -2.36. The highest BCUT2D eigenvalue weighted by Gasteiger charge is 2.23. The summed E-state index contributed by atoms with van der Waals surface area (Å²) in [4.78, 5) is 29.4. The Hall–Kier alpha value is -3.45. The topological polar surface area (TPSA) is 65.8 Å². The van der Waals surface area contributed by atoms with E-state index in [1.807, 2.05) is 41.3 Å². The zero-order chi connectivity index (χ0) is 25.9. The Kier molecular flexibility index (Phi) is 7.42. The van der Waals surface area contributed by atoms with Crippen molar-refractivity contribution in [1.29, 1.82) is 0 Å². The van der Waals surface area contributed by atoms with Crippen LogP contribution in [0.3, 0.4) is 0 Å². The fourth-order valence-electron chi connectivity index (χ4n) is 4.21. The Balaban J connectivity index is 1.21. The average molecular weight is 555 g/mol. The minimum absolute atomic E-state index is 0.0321. The van der Waals surface area contributed by atoms with Crippen molar-refractivity contribution >= 4 is 58.0 Å². The van der Waals surface area contributed by atoms with Gasteiger partial charge in [-0.2, -0.15) is 0 Å². The van der Waals surface area contributed by atoms with Crippen LogP contribution in [-0.2, 0) is 0 Å². The summed E-state index contributed by atoms with van der Waals surface area (Å²) in [5.74, 6) is 0.287. The van der Waals surface area contributed by atoms with E-state index in [1.54, 1.807) is 42.5 Å². The molecular formula is C28H22Cl3N3O3. The fourth-order valence-corrected chi connectivity index (χ4v) is 4.81. The lowest BCUT2D eigenvalue weighted by atomic mass is 10.1. The van der Waals surface area contributed by atoms with Crippen molar-refractivity contribution in [3.63, 3.8) is 0 Å². The van der Waals surface area contributed by atoms with Gasteiger partial charge < -0.3 is 19.5 Å². The van der Waals surface area contributed by atoms with Crippen LogP contribution in [0.15, 0.2) is 83.3 Å². The second-order valence-corrected chi connectivity index (χ2v) is 9.78. The third-order valence-electron chi connectivity index (χ3n) is 6.17. The number of benzene rings is 3. The number of nitrogens with zero attached hydrogens (tertiary/aromatic N) is 2. The van der Waals surface area contributed by atoms with Crippen molar-refractivity contribution in [2.75, 3.05) is 36.4 Å². The van der Waals surface area contributed by atoms with Gasteiger partial charge in [-0.25, -0.2) is 0 Å². The maximum atomic E-state index is 12.8. The fraction of sp³-hybridized carbons (Fsp3) is 0.143. The molecule has 4 aromatic rings. The van der Waals surface area contributed by atoms with E-state index in [4.69, 9.17) is 39.2 Å². The van der Waals surface area contributed by atoms with E-state index in [2.05, 4.69) is 10.2 Å². The highest BCUT2D eigenvalue weighted by molar-refractivity contribution is 6.42. The summed E-state index contributed by atoms with van der Waals surface area (Å²) in [6.07, 6.45) is 0. The van der Waals surface area contributed by atoms with Gasteiger partial charge in [0.15, 0.2) is 5.76 Å². The molecule has 2 amide bonds. The van der Waals surface area contributed by atoms with Gasteiger partial charge in [0.25, 0.3) is 11.8 Å². The smallest absolute Gasteiger partial charge is 0.291 e. The molecule has 6 nitrogen and oxygen atoms in total. The van der Waals surface area contributed by atoms with E-state index in [0.29, 0.717) is 63.8 Å². The summed E-state index contributed by atoms with van der Waals surface area (Å²) in [6, 6.07) is 23.1. The Bertz CT molecular complexity index is 1450. The lowest BCUT2D eigenvalue weighted by molar-refractivity contribution is 0.0746. The van der Waals surface area contributed by atoms with Crippen LogP contribution in [0, 0.1) is 0 Å². The number of amides is 2. The largest absolute Gasteiger partial charge is 0.451 e. The minimum atomic E-state index is -0.400. The minimum Gasteiger partial charge on any atom is -0.451 e. The van der Waals surface area contributed by atoms with Crippen LogP contribution < -0.4 is 10.2 Å². The first kappa shape index (κ1) is 25.2. The third kappa shape index (κ3) is 5.62. The molecule has 3 aromatic carbocycles. The number of piperazine rings is 1. The Morgan fingerprint density at radius 2 is 1.51 bits per heavy atom. The number of hydrogen-bond donors (Lipinski definition) is 1. The summed E-state index contributed by atoms with van der Waals surface area (Å²) < 4.78 is 5.72. The first-order valence-corrected chi connectivity index (χ1v) is 12.8. The van der Waals surface area contributed by atoms with E-state index in [0.717, 1.165) is 5.69 Å². The van der Waals surface area contributed by atoms with Crippen LogP contribution in [0.25, 0.3) is 11.3 Å². The molecule has 0 saturated carbocycles. The van der Waals surface area contributed by atoms with Gasteiger partial charge in [0.2, 0.25) is 0 Å². The van der Waals surface area contributed by atoms with Crippen LogP contribution in [0.1, 0.15) is 20.9 Å². The predicted molar refractivity (Wildman–Crippen MR) is 148 cm³/mol. The summed E-state index contributed by atoms with van der Waals surface area (Å²) in [7, 11) is 0. The molecule has 2 heterocycles. The summed E-state index contributed by atoms with van der Waals surface area (Å²) in [5.41, 5.74) is 2.80. The zero-order valence-corrected chi connectivity index (χ0v) is 21.9. The molecule has 1 N–H and O–H groups in total. The number of carbonyl (C=O) groups excluding carboxylic acids is 2. The van der Waals surface area contributed by atoms with Gasteiger partial charge in [-0.1, -0.05) is 53.0 Å². The van der Waals surface area contributed by atoms with Crippen molar-refractivity contribution < 1.29 is 14.0 Å². The lowest BCUT2D eigenvalue weighted by Crippen LogP contribution is -2.48. The molecule has 5 rings (SSSR count). The molecule has 0 atom stereocenters. The molecule has 0 bridgehead atoms. The van der Waals surface area contributed by atoms with E-state index in [9.17, 15) is 9.59 Å². The molecule has 0 unspecified atom stereocenters. The third-order valence-corrected chi connectivity index (χ3v) is 7.21. The molecular weight excluding hydrogens is 533 g/mol. The van der Waals surface area contributed by atoms with Crippen molar-refractivity contribution in [3.05, 3.63) is 105 Å². The number of furan rings is 1.